The molecule has 0 aliphatic heterocycles. The van der Waals surface area contributed by atoms with Gasteiger partial charge in [0, 0.05) is 35.6 Å². The van der Waals surface area contributed by atoms with Gasteiger partial charge in [0.15, 0.2) is 11.6 Å². The zero-order valence-electron chi connectivity index (χ0n) is 16.3. The molecule has 148 valence electrons. The molecule has 6 nitrogen and oxygen atoms in total. The van der Waals surface area contributed by atoms with E-state index in [0.717, 1.165) is 39.8 Å². The summed E-state index contributed by atoms with van der Waals surface area (Å²) in [4.78, 5) is 12.5. The highest BCUT2D eigenvalue weighted by Crippen LogP contribution is 2.46. The van der Waals surface area contributed by atoms with Crippen LogP contribution in [0.15, 0.2) is 36.8 Å². The summed E-state index contributed by atoms with van der Waals surface area (Å²) in [5.41, 5.74) is 2.71. The zero-order valence-corrected chi connectivity index (χ0v) is 17.0. The van der Waals surface area contributed by atoms with E-state index in [4.69, 9.17) is 21.7 Å². The van der Waals surface area contributed by atoms with Gasteiger partial charge in [-0.3, -0.25) is 0 Å². The Bertz CT molecular complexity index is 1200. The Labute approximate surface area is 173 Å². The first kappa shape index (κ1) is 17.3. The Kier molecular flexibility index (Phi) is 3.85. The van der Waals surface area contributed by atoms with E-state index < -0.39 is 0 Å². The second-order valence-electron chi connectivity index (χ2n) is 8.58. The van der Waals surface area contributed by atoms with E-state index in [1.165, 1.54) is 25.7 Å². The fourth-order valence-electron chi connectivity index (χ4n) is 5.48. The van der Waals surface area contributed by atoms with Gasteiger partial charge in [-0.2, -0.15) is 0 Å². The molecular weight excluding hydrogens is 384 g/mol. The molecule has 3 aliphatic rings. The highest BCUT2D eigenvalue weighted by molar-refractivity contribution is 6.31. The Morgan fingerprint density at radius 3 is 2.86 bits per heavy atom. The molecule has 29 heavy (non-hydrogen) atoms. The number of pyridine rings is 1. The quantitative estimate of drug-likeness (QED) is 0.492. The Hall–Kier alpha value is -2.60. The predicted molar refractivity (Wildman–Crippen MR) is 115 cm³/mol. The molecule has 7 rings (SSSR count). The number of rotatable bonds is 3. The van der Waals surface area contributed by atoms with Crippen molar-refractivity contribution in [2.24, 2.45) is 17.8 Å². The number of fused-ring (bicyclic) bond motifs is 5. The minimum atomic E-state index is 0.475. The smallest absolute Gasteiger partial charge is 0.184 e. The van der Waals surface area contributed by atoms with Crippen LogP contribution in [0.5, 0.6) is 0 Å². The average molecular weight is 407 g/mol. The lowest BCUT2D eigenvalue weighted by molar-refractivity contribution is 0.0928. The summed E-state index contributed by atoms with van der Waals surface area (Å²) in [6, 6.07) is 6.48. The van der Waals surface area contributed by atoms with Crippen molar-refractivity contribution in [3.8, 4) is 11.4 Å². The van der Waals surface area contributed by atoms with Gasteiger partial charge in [0.1, 0.15) is 11.2 Å². The minimum absolute atomic E-state index is 0.475. The van der Waals surface area contributed by atoms with Crippen molar-refractivity contribution in [2.45, 2.75) is 38.6 Å². The third kappa shape index (κ3) is 2.73. The van der Waals surface area contributed by atoms with Crippen LogP contribution in [0.3, 0.4) is 0 Å². The van der Waals surface area contributed by atoms with Gasteiger partial charge in [0.25, 0.3) is 0 Å². The van der Waals surface area contributed by atoms with E-state index >= 15 is 0 Å². The molecule has 2 bridgehead atoms. The van der Waals surface area contributed by atoms with Crippen LogP contribution in [-0.2, 0) is 0 Å². The first-order chi connectivity index (χ1) is 14.2. The zero-order chi connectivity index (χ0) is 19.5. The molecule has 3 aliphatic carbocycles. The van der Waals surface area contributed by atoms with Gasteiger partial charge in [-0.05, 0) is 61.6 Å². The minimum Gasteiger partial charge on any atom is -0.365 e. The summed E-state index contributed by atoms with van der Waals surface area (Å²) in [5, 5.41) is 10.1. The lowest BCUT2D eigenvalue weighted by Crippen LogP contribution is -2.47. The third-order valence-corrected chi connectivity index (χ3v) is 7.27. The molecule has 4 heterocycles. The van der Waals surface area contributed by atoms with Gasteiger partial charge < -0.3 is 10.3 Å². The molecule has 0 radical (unpaired) electrons. The highest BCUT2D eigenvalue weighted by atomic mass is 35.5. The normalized spacial score (nSPS) is 26.4. The van der Waals surface area contributed by atoms with Crippen LogP contribution in [-0.4, -0.2) is 30.6 Å². The molecule has 3 fully saturated rings. The molecular formula is C22H23ClN6. The molecule has 0 aromatic carbocycles. The fraction of sp³-hybridized carbons (Fsp3) is 0.409. The second-order valence-corrected chi connectivity index (χ2v) is 9.01. The summed E-state index contributed by atoms with van der Waals surface area (Å²) >= 11 is 6.19. The van der Waals surface area contributed by atoms with Crippen molar-refractivity contribution in [1.82, 2.24) is 24.6 Å². The highest BCUT2D eigenvalue weighted by Gasteiger charge is 2.41. The molecule has 7 heteroatoms. The lowest BCUT2D eigenvalue weighted by atomic mass is 9.62. The van der Waals surface area contributed by atoms with Gasteiger partial charge >= 0.3 is 0 Å². The third-order valence-electron chi connectivity index (χ3n) is 7.07. The monoisotopic (exact) mass is 406 g/mol. The Balaban J connectivity index is 1.46. The van der Waals surface area contributed by atoms with Crippen molar-refractivity contribution >= 4 is 34.0 Å². The van der Waals surface area contributed by atoms with E-state index in [-0.39, 0.29) is 0 Å². The van der Waals surface area contributed by atoms with Crippen molar-refractivity contribution in [3.63, 3.8) is 0 Å². The molecule has 2 N–H and O–H groups in total. The van der Waals surface area contributed by atoms with Crippen molar-refractivity contribution in [2.75, 3.05) is 5.32 Å². The predicted octanol–water partition coefficient (Wildman–Crippen LogP) is 5.16. The van der Waals surface area contributed by atoms with Crippen molar-refractivity contribution in [1.29, 1.82) is 0 Å². The average Bonchev–Trinajstić information content (AvgIpc) is 3.37. The summed E-state index contributed by atoms with van der Waals surface area (Å²) < 4.78 is 1.91. The van der Waals surface area contributed by atoms with Gasteiger partial charge in [-0.1, -0.05) is 18.5 Å². The number of anilines is 1. The SMILES string of the molecule is C[C@H]1C2CCC(CC2)[C@@H]1Nc1nc(-c2c[nH]c3ncc(Cl)cc23)nn2cccc12. The lowest BCUT2D eigenvalue weighted by Gasteiger charge is -2.47. The van der Waals surface area contributed by atoms with Gasteiger partial charge in [0.2, 0.25) is 0 Å². The molecule has 4 aromatic rings. The van der Waals surface area contributed by atoms with Crippen LogP contribution in [0.2, 0.25) is 5.02 Å². The van der Waals surface area contributed by atoms with Gasteiger partial charge in [-0.15, -0.1) is 5.10 Å². The maximum atomic E-state index is 6.19. The number of nitrogens with zero attached hydrogens (tertiary/aromatic N) is 4. The first-order valence-electron chi connectivity index (χ1n) is 10.4. The van der Waals surface area contributed by atoms with Crippen LogP contribution in [0, 0.1) is 17.8 Å². The number of nitrogens with one attached hydrogen (secondary N) is 2. The summed E-state index contributed by atoms with van der Waals surface area (Å²) in [7, 11) is 0. The van der Waals surface area contributed by atoms with E-state index in [9.17, 15) is 0 Å². The van der Waals surface area contributed by atoms with E-state index in [0.29, 0.717) is 22.8 Å². The summed E-state index contributed by atoms with van der Waals surface area (Å²) in [5.74, 6) is 3.82. The Morgan fingerprint density at radius 1 is 1.21 bits per heavy atom. The number of hydrogen-bond donors (Lipinski definition) is 2. The van der Waals surface area contributed by atoms with E-state index in [1.807, 2.05) is 29.0 Å². The molecule has 0 unspecified atom stereocenters. The van der Waals surface area contributed by atoms with Crippen molar-refractivity contribution < 1.29 is 0 Å². The molecule has 0 saturated heterocycles. The number of aromatic amines is 1. The van der Waals surface area contributed by atoms with E-state index in [1.54, 1.807) is 6.20 Å². The fourth-order valence-corrected chi connectivity index (χ4v) is 5.64. The maximum absolute atomic E-state index is 6.19. The number of hydrogen-bond acceptors (Lipinski definition) is 4. The number of aromatic nitrogens is 5. The second kappa shape index (κ2) is 6.46. The van der Waals surface area contributed by atoms with E-state index in [2.05, 4.69) is 28.3 Å². The molecule has 4 aromatic heterocycles. The first-order valence-corrected chi connectivity index (χ1v) is 10.8. The summed E-state index contributed by atoms with van der Waals surface area (Å²) in [6.45, 7) is 2.40. The van der Waals surface area contributed by atoms with Gasteiger partial charge in [-0.25, -0.2) is 14.5 Å². The van der Waals surface area contributed by atoms with Crippen molar-refractivity contribution in [3.05, 3.63) is 41.8 Å². The molecule has 3 saturated carbocycles. The molecule has 0 amide bonds. The standard InChI is InChI=1S/C22H23ClN6/c1-12-13-4-6-14(7-5-13)19(12)26-22-18-3-2-8-29(18)28-21(27-22)17-11-25-20-16(17)9-15(23)10-24-20/h2-3,8-14,19H,4-7H2,1H3,(H,24,25)(H,26,27,28)/t12-,13?,14?,19+/m0/s1. The maximum Gasteiger partial charge on any atom is 0.184 e. The summed E-state index contributed by atoms with van der Waals surface area (Å²) in [6.07, 6.45) is 10.9. The van der Waals surface area contributed by atoms with Gasteiger partial charge in [0.05, 0.1) is 5.02 Å². The number of H-pyrrole nitrogens is 1. The number of halogens is 1. The Morgan fingerprint density at radius 2 is 2.03 bits per heavy atom. The largest absolute Gasteiger partial charge is 0.365 e. The topological polar surface area (TPSA) is 70.9 Å². The molecule has 0 spiro atoms. The van der Waals surface area contributed by atoms with Crippen LogP contribution >= 0.6 is 11.6 Å². The van der Waals surface area contributed by atoms with Crippen LogP contribution in [0.25, 0.3) is 27.9 Å². The molecule has 2 atom stereocenters. The van der Waals surface area contributed by atoms with Crippen LogP contribution < -0.4 is 5.32 Å². The van der Waals surface area contributed by atoms with Crippen LogP contribution in [0.4, 0.5) is 5.82 Å². The van der Waals surface area contributed by atoms with Crippen LogP contribution in [0.1, 0.15) is 32.6 Å².